The van der Waals surface area contributed by atoms with Gasteiger partial charge >= 0.3 is 0 Å². The van der Waals surface area contributed by atoms with Crippen molar-refractivity contribution in [2.75, 3.05) is 24.5 Å². The number of anilines is 1. The van der Waals surface area contributed by atoms with Gasteiger partial charge < -0.3 is 9.80 Å². The predicted octanol–water partition coefficient (Wildman–Crippen LogP) is 2.75. The van der Waals surface area contributed by atoms with Crippen LogP contribution in [0.5, 0.6) is 0 Å². The molecule has 1 aromatic rings. The quantitative estimate of drug-likeness (QED) is 0.783. The summed E-state index contributed by atoms with van der Waals surface area (Å²) in [5.41, 5.74) is 0.593. The van der Waals surface area contributed by atoms with Gasteiger partial charge in [-0.2, -0.15) is 0 Å². The summed E-state index contributed by atoms with van der Waals surface area (Å²) in [6.45, 7) is 2.01. The van der Waals surface area contributed by atoms with Crippen LogP contribution in [0.4, 0.5) is 10.1 Å². The lowest BCUT2D eigenvalue weighted by molar-refractivity contribution is -0.134. The van der Waals surface area contributed by atoms with Gasteiger partial charge in [0, 0.05) is 43.1 Å². The number of allylic oxidation sites excluding steroid dienone is 2. The number of rotatable bonds is 2. The zero-order chi connectivity index (χ0) is 16.7. The van der Waals surface area contributed by atoms with Crippen molar-refractivity contribution in [3.63, 3.8) is 0 Å². The second-order valence-electron chi connectivity index (χ2n) is 7.28. The number of carbonyl (C=O) groups is 2. The van der Waals surface area contributed by atoms with E-state index in [4.69, 9.17) is 0 Å². The molecule has 24 heavy (non-hydrogen) atoms. The average Bonchev–Trinajstić information content (AvgIpc) is 3.29. The summed E-state index contributed by atoms with van der Waals surface area (Å²) in [6.07, 6.45) is 7.15. The van der Waals surface area contributed by atoms with Crippen LogP contribution >= 0.6 is 0 Å². The van der Waals surface area contributed by atoms with Gasteiger partial charge in [0.25, 0.3) is 0 Å². The van der Waals surface area contributed by atoms with Gasteiger partial charge in [0.2, 0.25) is 11.8 Å². The Bertz CT molecular complexity index is 692. The van der Waals surface area contributed by atoms with Crippen LogP contribution in [0.3, 0.4) is 0 Å². The van der Waals surface area contributed by atoms with Gasteiger partial charge in [-0.25, -0.2) is 4.39 Å². The lowest BCUT2D eigenvalue weighted by Gasteiger charge is -2.25. The van der Waals surface area contributed by atoms with Crippen LogP contribution in [-0.2, 0) is 9.59 Å². The minimum atomic E-state index is -0.303. The summed E-state index contributed by atoms with van der Waals surface area (Å²) < 4.78 is 13.1. The number of amides is 2. The zero-order valence-electron chi connectivity index (χ0n) is 13.6. The molecule has 4 rings (SSSR count). The van der Waals surface area contributed by atoms with Crippen molar-refractivity contribution in [2.45, 2.75) is 25.7 Å². The first-order valence-electron chi connectivity index (χ1n) is 8.56. The molecule has 2 aliphatic heterocycles. The standard InChI is InChI=1S/C19H21FN2O2/c20-15-5-7-16(8-6-15)22-13-19(11-17(22)23)9-10-21(12-19)18(24)14-3-1-2-4-14/h1-2,5-8,14H,3-4,9-13H2/t19-/m1/s1. The fourth-order valence-electron chi connectivity index (χ4n) is 4.23. The Morgan fingerprint density at radius 1 is 1.12 bits per heavy atom. The van der Waals surface area contributed by atoms with Crippen LogP contribution in [0.2, 0.25) is 0 Å². The molecule has 1 atom stereocenters. The number of carbonyl (C=O) groups excluding carboxylic acids is 2. The molecule has 0 aromatic heterocycles. The summed E-state index contributed by atoms with van der Waals surface area (Å²) in [4.78, 5) is 28.8. The predicted molar refractivity (Wildman–Crippen MR) is 88.9 cm³/mol. The van der Waals surface area contributed by atoms with Crippen molar-refractivity contribution in [2.24, 2.45) is 11.3 Å². The van der Waals surface area contributed by atoms with Crippen molar-refractivity contribution in [1.29, 1.82) is 0 Å². The first kappa shape index (κ1) is 15.4. The minimum absolute atomic E-state index is 0.0680. The van der Waals surface area contributed by atoms with E-state index in [0.717, 1.165) is 31.5 Å². The van der Waals surface area contributed by atoms with E-state index in [1.165, 1.54) is 12.1 Å². The summed E-state index contributed by atoms with van der Waals surface area (Å²) >= 11 is 0. The monoisotopic (exact) mass is 328 g/mol. The summed E-state index contributed by atoms with van der Waals surface area (Å²) in [5.74, 6) is 0.0800. The highest BCUT2D eigenvalue weighted by atomic mass is 19.1. The molecule has 2 fully saturated rings. The number of hydrogen-bond donors (Lipinski definition) is 0. The molecule has 0 radical (unpaired) electrons. The fraction of sp³-hybridized carbons (Fsp3) is 0.474. The average molecular weight is 328 g/mol. The van der Waals surface area contributed by atoms with Gasteiger partial charge in [-0.1, -0.05) is 12.2 Å². The largest absolute Gasteiger partial charge is 0.342 e. The third-order valence-electron chi connectivity index (χ3n) is 5.57. The highest BCUT2D eigenvalue weighted by molar-refractivity contribution is 5.96. The molecule has 2 saturated heterocycles. The number of hydrogen-bond acceptors (Lipinski definition) is 2. The Morgan fingerprint density at radius 2 is 1.83 bits per heavy atom. The van der Waals surface area contributed by atoms with Crippen LogP contribution < -0.4 is 4.90 Å². The molecule has 2 heterocycles. The summed E-state index contributed by atoms with van der Waals surface area (Å²) in [7, 11) is 0. The lowest BCUT2D eigenvalue weighted by atomic mass is 9.86. The molecule has 0 N–H and O–H groups in total. The Morgan fingerprint density at radius 3 is 2.54 bits per heavy atom. The Balaban J connectivity index is 1.46. The molecule has 1 aliphatic carbocycles. The SMILES string of the molecule is O=C(C1CC=CC1)N1CC[C@@]2(CC(=O)N(c3ccc(F)cc3)C2)C1. The Hall–Kier alpha value is -2.17. The van der Waals surface area contributed by atoms with Gasteiger partial charge in [-0.3, -0.25) is 9.59 Å². The lowest BCUT2D eigenvalue weighted by Crippen LogP contribution is -2.36. The molecule has 1 aromatic carbocycles. The maximum Gasteiger partial charge on any atom is 0.227 e. The molecule has 1 spiro atoms. The molecule has 0 bridgehead atoms. The minimum Gasteiger partial charge on any atom is -0.342 e. The van der Waals surface area contributed by atoms with Crippen LogP contribution in [0.25, 0.3) is 0 Å². The second kappa shape index (κ2) is 5.72. The van der Waals surface area contributed by atoms with Crippen molar-refractivity contribution in [1.82, 2.24) is 4.90 Å². The number of benzene rings is 1. The molecule has 4 nitrogen and oxygen atoms in total. The van der Waals surface area contributed by atoms with Crippen molar-refractivity contribution in [3.8, 4) is 0 Å². The topological polar surface area (TPSA) is 40.6 Å². The highest BCUT2D eigenvalue weighted by Crippen LogP contribution is 2.42. The molecule has 3 aliphatic rings. The molecule has 5 heteroatoms. The van der Waals surface area contributed by atoms with E-state index < -0.39 is 0 Å². The van der Waals surface area contributed by atoms with Gasteiger partial charge in [-0.05, 0) is 43.5 Å². The van der Waals surface area contributed by atoms with Gasteiger partial charge in [0.05, 0.1) is 0 Å². The van der Waals surface area contributed by atoms with Gasteiger partial charge in [0.1, 0.15) is 5.82 Å². The molecule has 0 saturated carbocycles. The number of nitrogens with zero attached hydrogens (tertiary/aromatic N) is 2. The van der Waals surface area contributed by atoms with E-state index in [2.05, 4.69) is 12.2 Å². The van der Waals surface area contributed by atoms with E-state index in [9.17, 15) is 14.0 Å². The van der Waals surface area contributed by atoms with Crippen LogP contribution in [0, 0.1) is 17.2 Å². The maximum atomic E-state index is 13.1. The van der Waals surface area contributed by atoms with Crippen LogP contribution in [0.15, 0.2) is 36.4 Å². The van der Waals surface area contributed by atoms with Crippen molar-refractivity contribution in [3.05, 3.63) is 42.2 Å². The first-order valence-corrected chi connectivity index (χ1v) is 8.56. The Labute approximate surface area is 140 Å². The number of halogens is 1. The molecular formula is C19H21FN2O2. The first-order chi connectivity index (χ1) is 11.6. The zero-order valence-corrected chi connectivity index (χ0v) is 13.6. The molecule has 0 unspecified atom stereocenters. The number of likely N-dealkylation sites (tertiary alicyclic amines) is 1. The normalized spacial score (nSPS) is 27.0. The summed E-state index contributed by atoms with van der Waals surface area (Å²) in [6, 6.07) is 6.05. The van der Waals surface area contributed by atoms with Crippen LogP contribution in [0.1, 0.15) is 25.7 Å². The summed E-state index contributed by atoms with van der Waals surface area (Å²) in [5, 5.41) is 0. The maximum absolute atomic E-state index is 13.1. The van der Waals surface area contributed by atoms with E-state index >= 15 is 0 Å². The smallest absolute Gasteiger partial charge is 0.227 e. The Kier molecular flexibility index (Phi) is 3.66. The second-order valence-corrected chi connectivity index (χ2v) is 7.28. The highest BCUT2D eigenvalue weighted by Gasteiger charge is 2.49. The fourth-order valence-corrected chi connectivity index (χ4v) is 4.23. The van der Waals surface area contributed by atoms with E-state index in [1.807, 2.05) is 4.90 Å². The van der Waals surface area contributed by atoms with Crippen molar-refractivity contribution < 1.29 is 14.0 Å². The third-order valence-corrected chi connectivity index (χ3v) is 5.57. The van der Waals surface area contributed by atoms with Crippen molar-refractivity contribution >= 4 is 17.5 Å². The van der Waals surface area contributed by atoms with Crippen LogP contribution in [-0.4, -0.2) is 36.3 Å². The van der Waals surface area contributed by atoms with E-state index in [0.29, 0.717) is 19.5 Å². The molecule has 2 amide bonds. The molecule has 126 valence electrons. The van der Waals surface area contributed by atoms with E-state index in [-0.39, 0.29) is 29.0 Å². The molecular weight excluding hydrogens is 307 g/mol. The van der Waals surface area contributed by atoms with Gasteiger partial charge in [0.15, 0.2) is 0 Å². The third kappa shape index (κ3) is 2.62. The van der Waals surface area contributed by atoms with Gasteiger partial charge in [-0.15, -0.1) is 0 Å². The van der Waals surface area contributed by atoms with E-state index in [1.54, 1.807) is 17.0 Å².